The zero-order chi connectivity index (χ0) is 10.6. The lowest BCUT2D eigenvalue weighted by Gasteiger charge is -2.18. The molecule has 0 spiro atoms. The normalized spacial score (nSPS) is 9.21. The molecule has 0 N–H and O–H groups in total. The van der Waals surface area contributed by atoms with E-state index < -0.39 is 0 Å². The third-order valence-electron chi connectivity index (χ3n) is 1.89. The van der Waals surface area contributed by atoms with Crippen LogP contribution in [0, 0.1) is 11.3 Å². The van der Waals surface area contributed by atoms with Crippen LogP contribution in [0.5, 0.6) is 0 Å². The van der Waals surface area contributed by atoms with Gasteiger partial charge in [-0.25, -0.2) is 0 Å². The molecule has 0 saturated heterocycles. The van der Waals surface area contributed by atoms with Crippen LogP contribution in [0.1, 0.15) is 5.56 Å². The molecule has 1 rings (SSSR count). The molecule has 72 valence electrons. The van der Waals surface area contributed by atoms with Gasteiger partial charge in [0.15, 0.2) is 0 Å². The molecule has 3 heteroatoms. The Kier molecular flexibility index (Phi) is 3.73. The fraction of sp³-hybridized carbons (Fsp3) is 0.182. The second-order valence-corrected chi connectivity index (χ2v) is 3.80. The average Bonchev–Trinajstić information content (AvgIpc) is 2.17. The number of benzene rings is 1. The highest BCUT2D eigenvalue weighted by Gasteiger charge is 2.04. The molecule has 0 saturated carbocycles. The number of nitrogens with zero attached hydrogens (tertiary/aromatic N) is 2. The van der Waals surface area contributed by atoms with Crippen LogP contribution in [-0.2, 0) is 0 Å². The number of rotatable bonds is 3. The number of likely N-dealkylation sites (N-methyl/N-ethyl adjacent to an activating group) is 1. The third-order valence-corrected chi connectivity index (χ3v) is 2.53. The van der Waals surface area contributed by atoms with E-state index in [1.54, 1.807) is 6.07 Å². The molecule has 1 aromatic rings. The van der Waals surface area contributed by atoms with Crippen LogP contribution in [0.25, 0.3) is 0 Å². The quantitative estimate of drug-likeness (QED) is 0.772. The summed E-state index contributed by atoms with van der Waals surface area (Å²) in [6.45, 7) is 4.46. The molecule has 0 aliphatic rings. The maximum Gasteiger partial charge on any atom is 0.0992 e. The highest BCUT2D eigenvalue weighted by molar-refractivity contribution is 9.10. The van der Waals surface area contributed by atoms with Crippen molar-refractivity contribution in [2.45, 2.75) is 0 Å². The van der Waals surface area contributed by atoms with Gasteiger partial charge in [-0.1, -0.05) is 6.08 Å². The van der Waals surface area contributed by atoms with Crippen LogP contribution >= 0.6 is 15.9 Å². The van der Waals surface area contributed by atoms with Crippen LogP contribution in [0.3, 0.4) is 0 Å². The number of anilines is 1. The van der Waals surface area contributed by atoms with E-state index in [4.69, 9.17) is 5.26 Å². The van der Waals surface area contributed by atoms with E-state index in [1.807, 2.05) is 25.3 Å². The van der Waals surface area contributed by atoms with Crippen LogP contribution < -0.4 is 4.90 Å². The maximum absolute atomic E-state index is 8.69. The van der Waals surface area contributed by atoms with Gasteiger partial charge in [-0.05, 0) is 34.1 Å². The SMILES string of the molecule is C=CCN(C)c1ccc(C#N)cc1Br. The molecule has 0 aromatic heterocycles. The Hall–Kier alpha value is -1.27. The van der Waals surface area contributed by atoms with Crippen molar-refractivity contribution >= 4 is 21.6 Å². The van der Waals surface area contributed by atoms with Crippen LogP contribution in [0.2, 0.25) is 0 Å². The summed E-state index contributed by atoms with van der Waals surface area (Å²) in [6, 6.07) is 7.64. The van der Waals surface area contributed by atoms with E-state index in [2.05, 4.69) is 33.5 Å². The smallest absolute Gasteiger partial charge is 0.0992 e. The summed E-state index contributed by atoms with van der Waals surface area (Å²) in [5.41, 5.74) is 1.72. The molecule has 0 heterocycles. The van der Waals surface area contributed by atoms with Crippen LogP contribution in [-0.4, -0.2) is 13.6 Å². The lowest BCUT2D eigenvalue weighted by molar-refractivity contribution is 1.03. The molecule has 14 heavy (non-hydrogen) atoms. The van der Waals surface area contributed by atoms with E-state index in [0.717, 1.165) is 16.7 Å². The van der Waals surface area contributed by atoms with Gasteiger partial charge in [0.2, 0.25) is 0 Å². The third kappa shape index (κ3) is 2.36. The van der Waals surface area contributed by atoms with Gasteiger partial charge in [-0.3, -0.25) is 0 Å². The second kappa shape index (κ2) is 4.83. The fourth-order valence-corrected chi connectivity index (χ4v) is 1.86. The predicted molar refractivity (Wildman–Crippen MR) is 62.3 cm³/mol. The highest BCUT2D eigenvalue weighted by atomic mass is 79.9. The topological polar surface area (TPSA) is 27.0 Å². The fourth-order valence-electron chi connectivity index (χ4n) is 1.18. The van der Waals surface area contributed by atoms with Crippen LogP contribution in [0.15, 0.2) is 35.3 Å². The van der Waals surface area contributed by atoms with Crippen molar-refractivity contribution in [1.82, 2.24) is 0 Å². The largest absolute Gasteiger partial charge is 0.370 e. The number of nitriles is 1. The van der Waals surface area contributed by atoms with Gasteiger partial charge < -0.3 is 4.90 Å². The first-order valence-corrected chi connectivity index (χ1v) is 5.00. The zero-order valence-corrected chi connectivity index (χ0v) is 9.58. The monoisotopic (exact) mass is 250 g/mol. The minimum Gasteiger partial charge on any atom is -0.370 e. The number of hydrogen-bond acceptors (Lipinski definition) is 2. The van der Waals surface area contributed by atoms with Crippen molar-refractivity contribution in [3.63, 3.8) is 0 Å². The van der Waals surface area contributed by atoms with Crippen molar-refractivity contribution in [2.24, 2.45) is 0 Å². The summed E-state index contributed by atoms with van der Waals surface area (Å²) in [6.07, 6.45) is 1.84. The molecule has 1 aromatic carbocycles. The van der Waals surface area contributed by atoms with Gasteiger partial charge in [-0.15, -0.1) is 6.58 Å². The number of halogens is 1. The predicted octanol–water partition coefficient (Wildman–Crippen LogP) is 2.94. The molecule has 0 radical (unpaired) electrons. The van der Waals surface area contributed by atoms with Crippen molar-refractivity contribution < 1.29 is 0 Å². The first-order chi connectivity index (χ1) is 6.69. The Labute approximate surface area is 92.6 Å². The maximum atomic E-state index is 8.69. The first-order valence-electron chi connectivity index (χ1n) is 4.20. The van der Waals surface area contributed by atoms with E-state index in [-0.39, 0.29) is 0 Å². The van der Waals surface area contributed by atoms with Crippen molar-refractivity contribution in [1.29, 1.82) is 5.26 Å². The molecular formula is C11H11BrN2. The summed E-state index contributed by atoms with van der Waals surface area (Å²) in [5.74, 6) is 0. The molecule has 0 atom stereocenters. The Morgan fingerprint density at radius 2 is 2.36 bits per heavy atom. The molecular weight excluding hydrogens is 240 g/mol. The summed E-state index contributed by atoms with van der Waals surface area (Å²) >= 11 is 3.43. The summed E-state index contributed by atoms with van der Waals surface area (Å²) in [5, 5.41) is 8.69. The van der Waals surface area contributed by atoms with Crippen molar-refractivity contribution in [3.05, 3.63) is 40.9 Å². The van der Waals surface area contributed by atoms with Gasteiger partial charge in [0, 0.05) is 18.1 Å². The highest BCUT2D eigenvalue weighted by Crippen LogP contribution is 2.26. The van der Waals surface area contributed by atoms with E-state index in [0.29, 0.717) is 5.56 Å². The number of hydrogen-bond donors (Lipinski definition) is 0. The van der Waals surface area contributed by atoms with E-state index in [1.165, 1.54) is 0 Å². The van der Waals surface area contributed by atoms with Gasteiger partial charge in [0.25, 0.3) is 0 Å². The molecule has 0 amide bonds. The summed E-state index contributed by atoms with van der Waals surface area (Å²) in [7, 11) is 1.98. The van der Waals surface area contributed by atoms with E-state index in [9.17, 15) is 0 Å². The molecule has 2 nitrogen and oxygen atoms in total. The Bertz CT molecular complexity index is 379. The molecule has 0 bridgehead atoms. The zero-order valence-electron chi connectivity index (χ0n) is 8.00. The van der Waals surface area contributed by atoms with Gasteiger partial charge in [0.1, 0.15) is 0 Å². The summed E-state index contributed by atoms with van der Waals surface area (Å²) in [4.78, 5) is 2.05. The van der Waals surface area contributed by atoms with Gasteiger partial charge in [0.05, 0.1) is 17.3 Å². The van der Waals surface area contributed by atoms with Gasteiger partial charge in [-0.2, -0.15) is 5.26 Å². The average molecular weight is 251 g/mol. The summed E-state index contributed by atoms with van der Waals surface area (Å²) < 4.78 is 0.931. The van der Waals surface area contributed by atoms with Gasteiger partial charge >= 0.3 is 0 Å². The lowest BCUT2D eigenvalue weighted by Crippen LogP contribution is -2.16. The lowest BCUT2D eigenvalue weighted by atomic mass is 10.2. The molecule has 0 unspecified atom stereocenters. The van der Waals surface area contributed by atoms with Crippen molar-refractivity contribution in [3.8, 4) is 6.07 Å². The molecule has 0 aliphatic heterocycles. The standard InChI is InChI=1S/C11H11BrN2/c1-3-6-14(2)11-5-4-9(8-13)7-10(11)12/h3-5,7H,1,6H2,2H3. The van der Waals surface area contributed by atoms with Crippen LogP contribution in [0.4, 0.5) is 5.69 Å². The van der Waals surface area contributed by atoms with Crippen molar-refractivity contribution in [2.75, 3.05) is 18.5 Å². The second-order valence-electron chi connectivity index (χ2n) is 2.95. The minimum absolute atomic E-state index is 0.660. The Morgan fingerprint density at radius 3 is 2.86 bits per heavy atom. The minimum atomic E-state index is 0.660. The van der Waals surface area contributed by atoms with E-state index >= 15 is 0 Å². The Morgan fingerprint density at radius 1 is 1.64 bits per heavy atom. The first kappa shape index (κ1) is 10.8. The molecule has 0 aliphatic carbocycles. The Balaban J connectivity index is 3.00. The molecule has 0 fully saturated rings.